The number of nitrogens with zero attached hydrogens (tertiary/aromatic N) is 1. The maximum Gasteiger partial charge on any atom is 0.262 e. The van der Waals surface area contributed by atoms with E-state index < -0.39 is 23.8 Å². The molecular weight excluding hydrogens is 372 g/mol. The molecule has 1 aromatic rings. The van der Waals surface area contributed by atoms with Crippen LogP contribution in [-0.4, -0.2) is 53.7 Å². The van der Waals surface area contributed by atoms with Gasteiger partial charge in [0.1, 0.15) is 6.04 Å². The first-order valence-electron chi connectivity index (χ1n) is 10.2. The van der Waals surface area contributed by atoms with Crippen molar-refractivity contribution in [3.8, 4) is 0 Å². The summed E-state index contributed by atoms with van der Waals surface area (Å²) in [5, 5.41) is 9.22. The van der Waals surface area contributed by atoms with Crippen molar-refractivity contribution in [1.29, 1.82) is 0 Å². The van der Waals surface area contributed by atoms with Crippen LogP contribution >= 0.6 is 0 Å². The third-order valence-corrected chi connectivity index (χ3v) is 6.63. The van der Waals surface area contributed by atoms with E-state index in [9.17, 15) is 19.2 Å². The van der Waals surface area contributed by atoms with Crippen LogP contribution in [-0.2, 0) is 16.1 Å². The average Bonchev–Trinajstić information content (AvgIpc) is 3.26. The predicted octanol–water partition coefficient (Wildman–Crippen LogP) is 0.320. The molecule has 152 valence electrons. The smallest absolute Gasteiger partial charge is 0.262 e. The van der Waals surface area contributed by atoms with Gasteiger partial charge in [-0.25, -0.2) is 0 Å². The molecule has 2 saturated heterocycles. The van der Waals surface area contributed by atoms with Gasteiger partial charge in [-0.05, 0) is 48.8 Å². The van der Waals surface area contributed by atoms with Gasteiger partial charge in [-0.2, -0.15) is 0 Å². The summed E-state index contributed by atoms with van der Waals surface area (Å²) in [5.74, 6) is -1.89. The molecule has 4 amide bonds. The van der Waals surface area contributed by atoms with Crippen LogP contribution in [0.25, 0.3) is 0 Å². The summed E-state index contributed by atoms with van der Waals surface area (Å²) in [6.45, 7) is 2.59. The molecule has 1 aliphatic carbocycles. The van der Waals surface area contributed by atoms with Crippen molar-refractivity contribution in [2.75, 3.05) is 13.1 Å². The van der Waals surface area contributed by atoms with Gasteiger partial charge in [0.05, 0.1) is 11.1 Å². The van der Waals surface area contributed by atoms with Gasteiger partial charge in [0.15, 0.2) is 0 Å². The Morgan fingerprint density at radius 3 is 2.62 bits per heavy atom. The number of hydrogen-bond donors (Lipinski definition) is 3. The van der Waals surface area contributed by atoms with Gasteiger partial charge in [0.25, 0.3) is 11.8 Å². The number of carbonyl (C=O) groups is 4. The first-order valence-corrected chi connectivity index (χ1v) is 10.2. The van der Waals surface area contributed by atoms with Gasteiger partial charge in [-0.1, -0.05) is 6.07 Å². The fourth-order valence-corrected chi connectivity index (χ4v) is 4.75. The molecule has 0 aromatic heterocycles. The van der Waals surface area contributed by atoms with Crippen LogP contribution in [0.3, 0.4) is 0 Å². The molecule has 5 rings (SSSR count). The molecule has 3 N–H and O–H groups in total. The summed E-state index contributed by atoms with van der Waals surface area (Å²) in [6, 6.07) is 4.79. The monoisotopic (exact) mass is 396 g/mol. The van der Waals surface area contributed by atoms with Gasteiger partial charge in [-0.3, -0.25) is 29.4 Å². The lowest BCUT2D eigenvalue weighted by atomic mass is 10.0. The Balaban J connectivity index is 1.24. The van der Waals surface area contributed by atoms with E-state index in [-0.39, 0.29) is 18.7 Å². The number of hydrogen-bond acceptors (Lipinski definition) is 6. The molecular formula is C21H24N4O4. The summed E-state index contributed by atoms with van der Waals surface area (Å²) >= 11 is 0. The van der Waals surface area contributed by atoms with Crippen LogP contribution in [0.5, 0.6) is 0 Å². The molecule has 3 heterocycles. The SMILES string of the molecule is O=C1CCC(N2C(=O)c3ccc(CNCC4CC5(CC5)CN4)cc3C2=O)C(=O)N1. The number of nitrogens with one attached hydrogen (secondary N) is 3. The molecule has 2 unspecified atom stereocenters. The van der Waals surface area contributed by atoms with Crippen LogP contribution < -0.4 is 16.0 Å². The van der Waals surface area contributed by atoms with Crippen molar-refractivity contribution in [3.63, 3.8) is 0 Å². The third kappa shape index (κ3) is 3.26. The number of amides is 4. The molecule has 1 saturated carbocycles. The molecule has 1 spiro atoms. The van der Waals surface area contributed by atoms with Crippen LogP contribution in [0.15, 0.2) is 18.2 Å². The van der Waals surface area contributed by atoms with Gasteiger partial charge in [0.2, 0.25) is 11.8 Å². The highest BCUT2D eigenvalue weighted by molar-refractivity contribution is 6.23. The molecule has 3 aliphatic heterocycles. The van der Waals surface area contributed by atoms with Crippen molar-refractivity contribution in [1.82, 2.24) is 20.9 Å². The Morgan fingerprint density at radius 2 is 1.90 bits per heavy atom. The number of imide groups is 2. The molecule has 3 fully saturated rings. The summed E-state index contributed by atoms with van der Waals surface area (Å²) in [4.78, 5) is 50.1. The first-order chi connectivity index (χ1) is 14.0. The van der Waals surface area contributed by atoms with E-state index in [0.29, 0.717) is 29.1 Å². The van der Waals surface area contributed by atoms with Crippen LogP contribution in [0.2, 0.25) is 0 Å². The number of carbonyl (C=O) groups excluding carboxylic acids is 4. The second-order valence-corrected chi connectivity index (χ2v) is 8.74. The predicted molar refractivity (Wildman–Crippen MR) is 103 cm³/mol. The first kappa shape index (κ1) is 18.4. The Morgan fingerprint density at radius 1 is 1.10 bits per heavy atom. The zero-order chi connectivity index (χ0) is 20.2. The number of piperidine rings is 1. The van der Waals surface area contributed by atoms with Crippen LogP contribution in [0.1, 0.15) is 58.4 Å². The zero-order valence-corrected chi connectivity index (χ0v) is 16.1. The summed E-state index contributed by atoms with van der Waals surface area (Å²) in [6.07, 6.45) is 4.18. The Labute approximate surface area is 168 Å². The second-order valence-electron chi connectivity index (χ2n) is 8.74. The molecule has 8 heteroatoms. The lowest BCUT2D eigenvalue weighted by Crippen LogP contribution is -2.54. The van der Waals surface area contributed by atoms with E-state index in [1.54, 1.807) is 12.1 Å². The molecule has 2 atom stereocenters. The number of benzene rings is 1. The van der Waals surface area contributed by atoms with E-state index in [4.69, 9.17) is 0 Å². The van der Waals surface area contributed by atoms with Crippen LogP contribution in [0, 0.1) is 5.41 Å². The Bertz CT molecular complexity index is 923. The Hall–Kier alpha value is -2.58. The highest BCUT2D eigenvalue weighted by atomic mass is 16.2. The minimum absolute atomic E-state index is 0.121. The highest BCUT2D eigenvalue weighted by Gasteiger charge is 2.48. The summed E-state index contributed by atoms with van der Waals surface area (Å²) in [7, 11) is 0. The van der Waals surface area contributed by atoms with E-state index in [0.717, 1.165) is 23.6 Å². The van der Waals surface area contributed by atoms with E-state index in [1.165, 1.54) is 19.3 Å². The largest absolute Gasteiger partial charge is 0.312 e. The fraction of sp³-hybridized carbons (Fsp3) is 0.524. The second kappa shape index (κ2) is 6.74. The summed E-state index contributed by atoms with van der Waals surface area (Å²) in [5.41, 5.74) is 2.13. The lowest BCUT2D eigenvalue weighted by molar-refractivity contribution is -0.136. The van der Waals surface area contributed by atoms with Gasteiger partial charge in [-0.15, -0.1) is 0 Å². The normalized spacial score (nSPS) is 27.5. The van der Waals surface area contributed by atoms with E-state index in [1.807, 2.05) is 6.07 Å². The van der Waals surface area contributed by atoms with E-state index >= 15 is 0 Å². The molecule has 8 nitrogen and oxygen atoms in total. The minimum atomic E-state index is -0.926. The van der Waals surface area contributed by atoms with Crippen molar-refractivity contribution in [3.05, 3.63) is 34.9 Å². The van der Waals surface area contributed by atoms with Gasteiger partial charge in [0, 0.05) is 32.1 Å². The third-order valence-electron chi connectivity index (χ3n) is 6.63. The zero-order valence-electron chi connectivity index (χ0n) is 16.1. The number of rotatable bonds is 5. The van der Waals surface area contributed by atoms with Gasteiger partial charge < -0.3 is 10.6 Å². The number of fused-ring (bicyclic) bond motifs is 1. The van der Waals surface area contributed by atoms with Crippen molar-refractivity contribution < 1.29 is 19.2 Å². The van der Waals surface area contributed by atoms with Gasteiger partial charge >= 0.3 is 0 Å². The molecule has 0 bridgehead atoms. The summed E-state index contributed by atoms with van der Waals surface area (Å²) < 4.78 is 0. The maximum absolute atomic E-state index is 12.9. The molecule has 29 heavy (non-hydrogen) atoms. The molecule has 4 aliphatic rings. The van der Waals surface area contributed by atoms with Crippen molar-refractivity contribution in [2.24, 2.45) is 5.41 Å². The minimum Gasteiger partial charge on any atom is -0.312 e. The topological polar surface area (TPSA) is 108 Å². The quantitative estimate of drug-likeness (QED) is 0.619. The van der Waals surface area contributed by atoms with Crippen LogP contribution in [0.4, 0.5) is 0 Å². The van der Waals surface area contributed by atoms with E-state index in [2.05, 4.69) is 16.0 Å². The molecule has 0 radical (unpaired) electrons. The maximum atomic E-state index is 12.9. The lowest BCUT2D eigenvalue weighted by Gasteiger charge is -2.27. The van der Waals surface area contributed by atoms with Crippen molar-refractivity contribution >= 4 is 23.6 Å². The molecule has 1 aromatic carbocycles. The fourth-order valence-electron chi connectivity index (χ4n) is 4.75. The Kier molecular flexibility index (Phi) is 4.29. The average molecular weight is 396 g/mol. The highest BCUT2D eigenvalue weighted by Crippen LogP contribution is 2.51. The van der Waals surface area contributed by atoms with Crippen molar-refractivity contribution in [2.45, 2.75) is 50.7 Å². The standard InChI is InChI=1S/C21H24N4O4/c26-17-4-3-16(18(27)24-17)25-19(28)14-2-1-12(7-15(14)20(25)29)9-22-10-13-8-21(5-6-21)11-23-13/h1-2,7,13,16,22-23H,3-6,8-11H2,(H,24,26,27).